The van der Waals surface area contributed by atoms with E-state index in [-0.39, 0.29) is 17.9 Å². The van der Waals surface area contributed by atoms with Gasteiger partial charge in [-0.15, -0.1) is 0 Å². The molecule has 0 bridgehead atoms. The first-order valence-corrected chi connectivity index (χ1v) is 7.23. The maximum absolute atomic E-state index is 12.1. The third-order valence-electron chi connectivity index (χ3n) is 3.98. The van der Waals surface area contributed by atoms with Crippen molar-refractivity contribution in [1.29, 1.82) is 0 Å². The van der Waals surface area contributed by atoms with Crippen LogP contribution in [0.3, 0.4) is 0 Å². The topological polar surface area (TPSA) is 52.6 Å². The summed E-state index contributed by atoms with van der Waals surface area (Å²) in [7, 11) is 0. The van der Waals surface area contributed by atoms with Crippen LogP contribution in [0.25, 0.3) is 0 Å². The number of amides is 1. The van der Waals surface area contributed by atoms with Gasteiger partial charge in [-0.2, -0.15) is 0 Å². The maximum Gasteiger partial charge on any atom is 0.238 e. The number of nitrogens with zero attached hydrogens (tertiary/aromatic N) is 1. The Balaban J connectivity index is 1.91. The van der Waals surface area contributed by atoms with E-state index >= 15 is 0 Å². The predicted octanol–water partition coefficient (Wildman–Crippen LogP) is 1.94. The molecular formula is C16H24N2O2. The number of hydrogen-bond donors (Lipinski definition) is 2. The molecule has 1 saturated heterocycles. The van der Waals surface area contributed by atoms with Gasteiger partial charge >= 0.3 is 0 Å². The summed E-state index contributed by atoms with van der Waals surface area (Å²) in [6.07, 6.45) is 0.520. The molecule has 4 heteroatoms. The second-order valence-corrected chi connectivity index (χ2v) is 5.93. The van der Waals surface area contributed by atoms with Crippen molar-refractivity contribution < 1.29 is 9.90 Å². The van der Waals surface area contributed by atoms with Gasteiger partial charge in [0, 0.05) is 18.8 Å². The number of aryl methyl sites for hydroxylation is 2. The lowest BCUT2D eigenvalue weighted by atomic mass is 9.97. The molecule has 2 atom stereocenters. The van der Waals surface area contributed by atoms with Crippen molar-refractivity contribution in [1.82, 2.24) is 4.90 Å². The zero-order chi connectivity index (χ0) is 14.7. The highest BCUT2D eigenvalue weighted by molar-refractivity contribution is 5.93. The van der Waals surface area contributed by atoms with Gasteiger partial charge in [-0.1, -0.05) is 19.1 Å². The number of rotatable bonds is 3. The van der Waals surface area contributed by atoms with Gasteiger partial charge in [-0.25, -0.2) is 0 Å². The molecule has 1 aliphatic heterocycles. The highest BCUT2D eigenvalue weighted by atomic mass is 16.3. The van der Waals surface area contributed by atoms with Gasteiger partial charge in [-0.05, 0) is 43.4 Å². The van der Waals surface area contributed by atoms with Crippen molar-refractivity contribution in [3.63, 3.8) is 0 Å². The van der Waals surface area contributed by atoms with E-state index in [1.54, 1.807) is 0 Å². The van der Waals surface area contributed by atoms with Crippen molar-refractivity contribution >= 4 is 11.6 Å². The molecule has 2 N–H and O–H groups in total. The Kier molecular flexibility index (Phi) is 4.78. The molecular weight excluding hydrogens is 252 g/mol. The number of benzene rings is 1. The summed E-state index contributed by atoms with van der Waals surface area (Å²) in [6.45, 7) is 7.99. The third kappa shape index (κ3) is 3.81. The standard InChI is InChI=1S/C16H24N2O2/c1-11-4-5-12(2)14(8-11)17-16(20)10-18-7-6-15(19)13(3)9-18/h4-5,8,13,15,19H,6-7,9-10H2,1-3H3,(H,17,20). The fraction of sp³-hybridized carbons (Fsp3) is 0.562. The van der Waals surface area contributed by atoms with Crippen molar-refractivity contribution in [2.24, 2.45) is 5.92 Å². The smallest absolute Gasteiger partial charge is 0.238 e. The molecule has 1 heterocycles. The summed E-state index contributed by atoms with van der Waals surface area (Å²) in [4.78, 5) is 14.2. The molecule has 2 unspecified atom stereocenters. The average Bonchev–Trinajstić information content (AvgIpc) is 2.38. The Bertz CT molecular complexity index is 487. The van der Waals surface area contributed by atoms with Crippen molar-refractivity contribution in [3.8, 4) is 0 Å². The molecule has 0 radical (unpaired) electrons. The van der Waals surface area contributed by atoms with Crippen molar-refractivity contribution in [3.05, 3.63) is 29.3 Å². The molecule has 1 aromatic rings. The Morgan fingerprint density at radius 1 is 1.45 bits per heavy atom. The number of anilines is 1. The lowest BCUT2D eigenvalue weighted by Crippen LogP contribution is -2.45. The summed E-state index contributed by atoms with van der Waals surface area (Å²) in [5.74, 6) is 0.250. The van der Waals surface area contributed by atoms with Crippen LogP contribution in [0.1, 0.15) is 24.5 Å². The van der Waals surface area contributed by atoms with E-state index in [0.29, 0.717) is 6.54 Å². The quantitative estimate of drug-likeness (QED) is 0.887. The van der Waals surface area contributed by atoms with Crippen molar-refractivity contribution in [2.75, 3.05) is 25.0 Å². The second kappa shape index (κ2) is 6.37. The van der Waals surface area contributed by atoms with Gasteiger partial charge in [0.15, 0.2) is 0 Å². The zero-order valence-corrected chi connectivity index (χ0v) is 12.5. The molecule has 20 heavy (non-hydrogen) atoms. The number of hydrogen-bond acceptors (Lipinski definition) is 3. The van der Waals surface area contributed by atoms with E-state index in [0.717, 1.165) is 36.3 Å². The first kappa shape index (κ1) is 15.0. The number of carbonyl (C=O) groups excluding carboxylic acids is 1. The lowest BCUT2D eigenvalue weighted by Gasteiger charge is -2.33. The molecule has 0 saturated carbocycles. The predicted molar refractivity (Wildman–Crippen MR) is 80.8 cm³/mol. The van der Waals surface area contributed by atoms with Crippen LogP contribution >= 0.6 is 0 Å². The summed E-state index contributed by atoms with van der Waals surface area (Å²) >= 11 is 0. The van der Waals surface area contributed by atoms with Gasteiger partial charge in [-0.3, -0.25) is 9.69 Å². The van der Waals surface area contributed by atoms with Crippen LogP contribution < -0.4 is 5.32 Å². The molecule has 1 amide bonds. The fourth-order valence-electron chi connectivity index (χ4n) is 2.63. The van der Waals surface area contributed by atoms with E-state index in [4.69, 9.17) is 0 Å². The molecule has 0 aromatic heterocycles. The van der Waals surface area contributed by atoms with Gasteiger partial charge in [0.2, 0.25) is 5.91 Å². The first-order chi connectivity index (χ1) is 9.45. The molecule has 1 aromatic carbocycles. The monoisotopic (exact) mass is 276 g/mol. The minimum absolute atomic E-state index is 0.0160. The SMILES string of the molecule is Cc1ccc(C)c(NC(=O)CN2CCC(O)C(C)C2)c1. The van der Waals surface area contributed by atoms with Crippen LogP contribution in [0.15, 0.2) is 18.2 Å². The van der Waals surface area contributed by atoms with Crippen LogP contribution in [0.2, 0.25) is 0 Å². The highest BCUT2D eigenvalue weighted by Gasteiger charge is 2.25. The molecule has 1 aliphatic rings. The normalized spacial score (nSPS) is 23.6. The van der Waals surface area contributed by atoms with E-state index in [1.807, 2.05) is 39.0 Å². The van der Waals surface area contributed by atoms with Crippen LogP contribution in [0.5, 0.6) is 0 Å². The van der Waals surface area contributed by atoms with Crippen LogP contribution in [-0.2, 0) is 4.79 Å². The van der Waals surface area contributed by atoms with Crippen LogP contribution in [0.4, 0.5) is 5.69 Å². The highest BCUT2D eigenvalue weighted by Crippen LogP contribution is 2.18. The zero-order valence-electron chi connectivity index (χ0n) is 12.5. The van der Waals surface area contributed by atoms with E-state index < -0.39 is 0 Å². The number of aliphatic hydroxyl groups excluding tert-OH is 1. The van der Waals surface area contributed by atoms with Crippen LogP contribution in [-0.4, -0.2) is 41.7 Å². The lowest BCUT2D eigenvalue weighted by molar-refractivity contribution is -0.118. The average molecular weight is 276 g/mol. The number of piperidine rings is 1. The minimum Gasteiger partial charge on any atom is -0.393 e. The molecule has 110 valence electrons. The Morgan fingerprint density at radius 2 is 2.20 bits per heavy atom. The molecule has 0 aliphatic carbocycles. The first-order valence-electron chi connectivity index (χ1n) is 7.23. The van der Waals surface area contributed by atoms with Crippen molar-refractivity contribution in [2.45, 2.75) is 33.3 Å². The fourth-order valence-corrected chi connectivity index (χ4v) is 2.63. The third-order valence-corrected chi connectivity index (χ3v) is 3.98. The van der Waals surface area contributed by atoms with Gasteiger partial charge in [0.05, 0.1) is 12.6 Å². The van der Waals surface area contributed by atoms with Crippen LogP contribution in [0, 0.1) is 19.8 Å². The van der Waals surface area contributed by atoms with E-state index in [9.17, 15) is 9.90 Å². The Labute approximate surface area is 120 Å². The summed E-state index contributed by atoms with van der Waals surface area (Å²) < 4.78 is 0. The molecule has 0 spiro atoms. The van der Waals surface area contributed by atoms with E-state index in [1.165, 1.54) is 0 Å². The number of nitrogens with one attached hydrogen (secondary N) is 1. The largest absolute Gasteiger partial charge is 0.393 e. The number of likely N-dealkylation sites (tertiary alicyclic amines) is 1. The summed E-state index contributed by atoms with van der Waals surface area (Å²) in [5.41, 5.74) is 3.10. The molecule has 4 nitrogen and oxygen atoms in total. The number of carbonyl (C=O) groups is 1. The second-order valence-electron chi connectivity index (χ2n) is 5.93. The molecule has 2 rings (SSSR count). The number of aliphatic hydroxyl groups is 1. The van der Waals surface area contributed by atoms with E-state index in [2.05, 4.69) is 10.2 Å². The minimum atomic E-state index is -0.228. The van der Waals surface area contributed by atoms with Gasteiger partial charge < -0.3 is 10.4 Å². The Hall–Kier alpha value is -1.39. The van der Waals surface area contributed by atoms with Gasteiger partial charge in [0.25, 0.3) is 0 Å². The maximum atomic E-state index is 12.1. The summed E-state index contributed by atoms with van der Waals surface area (Å²) in [6, 6.07) is 6.05. The Morgan fingerprint density at radius 3 is 2.90 bits per heavy atom. The molecule has 1 fully saturated rings. The van der Waals surface area contributed by atoms with Gasteiger partial charge in [0.1, 0.15) is 0 Å². The summed E-state index contributed by atoms with van der Waals surface area (Å²) in [5, 5.41) is 12.7.